The first-order valence-corrected chi connectivity index (χ1v) is 26.1. The van der Waals surface area contributed by atoms with Gasteiger partial charge in [-0.1, -0.05) is 191 Å². The second-order valence-corrected chi connectivity index (χ2v) is 17.9. The van der Waals surface area contributed by atoms with Crippen molar-refractivity contribution in [1.82, 2.24) is 5.32 Å². The van der Waals surface area contributed by atoms with Gasteiger partial charge in [-0.05, 0) is 70.6 Å². The van der Waals surface area contributed by atoms with Gasteiger partial charge < -0.3 is 45.1 Å². The normalized spacial score (nSPS) is 20.8. The van der Waals surface area contributed by atoms with Crippen molar-refractivity contribution in [3.63, 3.8) is 0 Å². The molecule has 0 aromatic carbocycles. The van der Waals surface area contributed by atoms with Gasteiger partial charge in [0.2, 0.25) is 5.91 Å². The van der Waals surface area contributed by atoms with Crippen LogP contribution in [0.3, 0.4) is 0 Å². The number of ether oxygens (including phenoxy) is 3. The molecule has 11 heteroatoms. The summed E-state index contributed by atoms with van der Waals surface area (Å²) in [6.45, 7) is 5.57. The summed E-state index contributed by atoms with van der Waals surface area (Å²) in [4.78, 5) is 26.3. The lowest BCUT2D eigenvalue weighted by Crippen LogP contribution is -2.61. The molecule has 1 amide bonds. The molecule has 1 aliphatic heterocycles. The van der Waals surface area contributed by atoms with Crippen LogP contribution in [-0.2, 0) is 23.8 Å². The summed E-state index contributed by atoms with van der Waals surface area (Å²) >= 11 is 0. The summed E-state index contributed by atoms with van der Waals surface area (Å²) in [5.41, 5.74) is 0. The van der Waals surface area contributed by atoms with Crippen molar-refractivity contribution in [2.45, 2.75) is 256 Å². The SMILES string of the molecule is CC/C=C/C=C/C=C\CCCCCCC(O)C(=O)NC(COC1OC(CO)C(O)C(O)C1OC(=O)CCCCC/C=C\CCCCCCCC)C(O)/C=C/CCCCCCCCCCC. The van der Waals surface area contributed by atoms with E-state index in [1.54, 1.807) is 6.08 Å². The predicted octanol–water partition coefficient (Wildman–Crippen LogP) is 10.7. The minimum absolute atomic E-state index is 0.0990. The summed E-state index contributed by atoms with van der Waals surface area (Å²) in [6, 6.07) is -1.04. The molecule has 0 spiro atoms. The zero-order chi connectivity index (χ0) is 47.6. The molecule has 1 rings (SSSR count). The number of aliphatic hydroxyl groups is 5. The Kier molecular flexibility index (Phi) is 39.7. The molecule has 0 radical (unpaired) electrons. The Hall–Kier alpha value is -2.64. The van der Waals surface area contributed by atoms with Crippen molar-refractivity contribution in [3.8, 4) is 0 Å². The average molecular weight is 918 g/mol. The van der Waals surface area contributed by atoms with E-state index in [1.807, 2.05) is 30.4 Å². The minimum Gasteiger partial charge on any atom is -0.454 e. The fourth-order valence-electron chi connectivity index (χ4n) is 7.76. The van der Waals surface area contributed by atoms with Crippen molar-refractivity contribution >= 4 is 11.9 Å². The summed E-state index contributed by atoms with van der Waals surface area (Å²) < 4.78 is 17.5. The van der Waals surface area contributed by atoms with Crippen LogP contribution in [0.4, 0.5) is 0 Å². The van der Waals surface area contributed by atoms with Crippen molar-refractivity contribution in [2.75, 3.05) is 13.2 Å². The van der Waals surface area contributed by atoms with Gasteiger partial charge in [0, 0.05) is 6.42 Å². The predicted molar refractivity (Wildman–Crippen MR) is 264 cm³/mol. The van der Waals surface area contributed by atoms with E-state index in [0.29, 0.717) is 12.8 Å². The molecule has 11 nitrogen and oxygen atoms in total. The molecule has 0 aliphatic carbocycles. The zero-order valence-electron chi connectivity index (χ0n) is 41.1. The molecule has 8 atom stereocenters. The van der Waals surface area contributed by atoms with Crippen LogP contribution >= 0.6 is 0 Å². The first kappa shape index (κ1) is 60.4. The molecule has 1 fully saturated rings. The van der Waals surface area contributed by atoms with E-state index >= 15 is 0 Å². The quantitative estimate of drug-likeness (QED) is 0.0150. The smallest absolute Gasteiger partial charge is 0.306 e. The fraction of sp³-hybridized carbons (Fsp3) is 0.778. The van der Waals surface area contributed by atoms with Gasteiger partial charge in [-0.25, -0.2) is 0 Å². The average Bonchev–Trinajstić information content (AvgIpc) is 3.30. The van der Waals surface area contributed by atoms with Crippen LogP contribution in [0.2, 0.25) is 0 Å². The number of amides is 1. The molecule has 376 valence electrons. The topological polar surface area (TPSA) is 175 Å². The van der Waals surface area contributed by atoms with Crippen LogP contribution in [0.1, 0.15) is 207 Å². The molecule has 0 saturated carbocycles. The van der Waals surface area contributed by atoms with Crippen LogP contribution in [0.25, 0.3) is 0 Å². The number of unbranched alkanes of at least 4 members (excludes halogenated alkanes) is 22. The maximum atomic E-state index is 13.3. The number of aliphatic hydroxyl groups excluding tert-OH is 5. The molecule has 6 N–H and O–H groups in total. The third kappa shape index (κ3) is 31.9. The molecule has 8 unspecified atom stereocenters. The monoisotopic (exact) mass is 918 g/mol. The minimum atomic E-state index is -1.62. The van der Waals surface area contributed by atoms with Gasteiger partial charge in [0.15, 0.2) is 12.4 Å². The van der Waals surface area contributed by atoms with Crippen LogP contribution in [0.5, 0.6) is 0 Å². The molecule has 0 aromatic rings. The number of esters is 1. The van der Waals surface area contributed by atoms with E-state index in [1.165, 1.54) is 77.0 Å². The van der Waals surface area contributed by atoms with E-state index in [2.05, 4.69) is 50.4 Å². The lowest BCUT2D eigenvalue weighted by atomic mass is 9.99. The van der Waals surface area contributed by atoms with E-state index in [0.717, 1.165) is 83.5 Å². The third-order valence-electron chi connectivity index (χ3n) is 12.0. The van der Waals surface area contributed by atoms with Crippen LogP contribution in [-0.4, -0.2) is 99.6 Å². The van der Waals surface area contributed by atoms with Gasteiger partial charge in [0.1, 0.15) is 24.4 Å². The number of allylic oxidation sites excluding steroid dienone is 9. The van der Waals surface area contributed by atoms with Gasteiger partial charge >= 0.3 is 5.97 Å². The molecule has 0 aromatic heterocycles. The van der Waals surface area contributed by atoms with E-state index in [-0.39, 0.29) is 19.4 Å². The molecule has 1 heterocycles. The van der Waals surface area contributed by atoms with Crippen LogP contribution < -0.4 is 5.32 Å². The number of nitrogens with one attached hydrogen (secondary N) is 1. The lowest BCUT2D eigenvalue weighted by molar-refractivity contribution is -0.305. The lowest BCUT2D eigenvalue weighted by Gasteiger charge is -2.41. The summed E-state index contributed by atoms with van der Waals surface area (Å²) in [5, 5.41) is 56.5. The maximum absolute atomic E-state index is 13.3. The maximum Gasteiger partial charge on any atom is 0.306 e. The van der Waals surface area contributed by atoms with Crippen LogP contribution in [0.15, 0.2) is 60.8 Å². The van der Waals surface area contributed by atoms with E-state index < -0.39 is 67.4 Å². The van der Waals surface area contributed by atoms with Crippen LogP contribution in [0, 0.1) is 0 Å². The number of rotatable bonds is 42. The first-order chi connectivity index (χ1) is 31.7. The first-order valence-electron chi connectivity index (χ1n) is 26.1. The summed E-state index contributed by atoms with van der Waals surface area (Å²) in [7, 11) is 0. The highest BCUT2D eigenvalue weighted by atomic mass is 16.7. The van der Waals surface area contributed by atoms with Gasteiger partial charge in [0.05, 0.1) is 25.4 Å². The Morgan fingerprint density at radius 2 is 1.12 bits per heavy atom. The Bertz CT molecular complexity index is 1280. The molecular formula is C54H95NO10. The Labute approximate surface area is 395 Å². The second kappa shape index (κ2) is 42.7. The Morgan fingerprint density at radius 3 is 1.69 bits per heavy atom. The van der Waals surface area contributed by atoms with Gasteiger partial charge in [0.25, 0.3) is 0 Å². The molecular weight excluding hydrogens is 823 g/mol. The highest BCUT2D eigenvalue weighted by molar-refractivity contribution is 5.80. The number of hydrogen-bond donors (Lipinski definition) is 6. The largest absolute Gasteiger partial charge is 0.454 e. The van der Waals surface area contributed by atoms with Gasteiger partial charge in [-0.3, -0.25) is 9.59 Å². The Morgan fingerprint density at radius 1 is 0.615 bits per heavy atom. The molecule has 0 bridgehead atoms. The molecule has 1 saturated heterocycles. The van der Waals surface area contributed by atoms with Crippen molar-refractivity contribution < 1.29 is 49.3 Å². The standard InChI is InChI=1S/C54H95NO10/c1-4-7-10-13-16-19-22-24-27-30-33-36-39-42-49(59)65-52-51(61)50(60)48(43-56)64-54(52)63-44-45(46(57)40-37-34-31-28-25-21-18-15-12-9-6-3)55-53(62)47(58)41-38-35-32-29-26-23-20-17-14-11-8-5-2/h8,11,14,17,20,23-24,27,37,40,45-48,50-52,54,56-58,60-61H,4-7,9-10,12-13,15-16,18-19,21-22,25-26,28-36,38-39,41-44H2,1-3H3,(H,55,62)/b11-8+,17-14+,23-20-,27-24-,40-37+. The summed E-state index contributed by atoms with van der Waals surface area (Å²) in [6.07, 6.45) is 39.9. The molecule has 1 aliphatic rings. The highest BCUT2D eigenvalue weighted by Crippen LogP contribution is 2.26. The zero-order valence-corrected chi connectivity index (χ0v) is 41.1. The Balaban J connectivity index is 2.81. The van der Waals surface area contributed by atoms with E-state index in [9.17, 15) is 35.1 Å². The second-order valence-electron chi connectivity index (χ2n) is 17.9. The fourth-order valence-corrected chi connectivity index (χ4v) is 7.76. The van der Waals surface area contributed by atoms with Crippen molar-refractivity contribution in [3.05, 3.63) is 60.8 Å². The van der Waals surface area contributed by atoms with Gasteiger partial charge in [-0.2, -0.15) is 0 Å². The van der Waals surface area contributed by atoms with Crippen molar-refractivity contribution in [2.24, 2.45) is 0 Å². The van der Waals surface area contributed by atoms with Gasteiger partial charge in [-0.15, -0.1) is 0 Å². The highest BCUT2D eigenvalue weighted by Gasteiger charge is 2.47. The van der Waals surface area contributed by atoms with Crippen molar-refractivity contribution in [1.29, 1.82) is 0 Å². The molecule has 65 heavy (non-hydrogen) atoms. The number of hydrogen-bond acceptors (Lipinski definition) is 10. The van der Waals surface area contributed by atoms with E-state index in [4.69, 9.17) is 14.2 Å². The number of carbonyl (C=O) groups is 2. The summed E-state index contributed by atoms with van der Waals surface area (Å²) in [5.74, 6) is -1.24. The number of carbonyl (C=O) groups excluding carboxylic acids is 2. The third-order valence-corrected chi connectivity index (χ3v) is 12.0.